The van der Waals surface area contributed by atoms with Crippen LogP contribution in [-0.4, -0.2) is 29.4 Å². The molecule has 1 aromatic heterocycles. The molecule has 3 N–H and O–H groups in total. The van der Waals surface area contributed by atoms with E-state index in [1.54, 1.807) is 36.5 Å². The second-order valence-electron chi connectivity index (χ2n) is 6.00. The molecule has 5 nitrogen and oxygen atoms in total. The summed E-state index contributed by atoms with van der Waals surface area (Å²) in [6.45, 7) is 1.42. The number of nitrogens with zero attached hydrogens (tertiary/aromatic N) is 1. The zero-order valence-electron chi connectivity index (χ0n) is 13.6. The molecule has 1 saturated heterocycles. The first-order valence-electron chi connectivity index (χ1n) is 8.13. The average Bonchev–Trinajstić information content (AvgIpc) is 2.64. The molecule has 0 bridgehead atoms. The molecule has 2 atom stereocenters. The van der Waals surface area contributed by atoms with Crippen molar-refractivity contribution < 1.29 is 14.6 Å². The molecule has 0 saturated carbocycles. The zero-order valence-corrected chi connectivity index (χ0v) is 15.1. The number of hydrogen-bond donors (Lipinski definition) is 2. The van der Waals surface area contributed by atoms with E-state index in [9.17, 15) is 5.11 Å². The number of pyridine rings is 1. The third-order valence-electron chi connectivity index (χ3n) is 4.23. The Hall–Kier alpha value is -1.37. The van der Waals surface area contributed by atoms with E-state index < -0.39 is 12.1 Å². The highest BCUT2D eigenvalue weighted by atomic mass is 35.5. The Morgan fingerprint density at radius 3 is 2.48 bits per heavy atom. The maximum absolute atomic E-state index is 10.5. The van der Waals surface area contributed by atoms with E-state index in [0.29, 0.717) is 40.3 Å². The quantitative estimate of drug-likeness (QED) is 0.824. The van der Waals surface area contributed by atoms with Gasteiger partial charge in [-0.3, -0.25) is 0 Å². The number of aliphatic hydroxyl groups excluding tert-OH is 1. The summed E-state index contributed by atoms with van der Waals surface area (Å²) in [7, 11) is 0. The number of rotatable bonds is 5. The van der Waals surface area contributed by atoms with Crippen molar-refractivity contribution in [3.8, 4) is 5.88 Å². The largest absolute Gasteiger partial charge is 0.474 e. The van der Waals surface area contributed by atoms with E-state index in [1.807, 2.05) is 0 Å². The molecule has 1 aromatic carbocycles. The Kier molecular flexibility index (Phi) is 6.15. The molecule has 1 fully saturated rings. The number of ether oxygens (including phenoxy) is 2. The third-order valence-corrected chi connectivity index (χ3v) is 4.96. The summed E-state index contributed by atoms with van der Waals surface area (Å²) in [6.07, 6.45) is 2.50. The van der Waals surface area contributed by atoms with Crippen LogP contribution >= 0.6 is 23.2 Å². The molecule has 2 unspecified atom stereocenters. The molecule has 1 aliphatic heterocycles. The van der Waals surface area contributed by atoms with E-state index in [0.717, 1.165) is 12.8 Å². The molecule has 1 aliphatic rings. The van der Waals surface area contributed by atoms with Crippen LogP contribution in [0.5, 0.6) is 5.88 Å². The van der Waals surface area contributed by atoms with Crippen molar-refractivity contribution >= 4 is 23.2 Å². The highest BCUT2D eigenvalue weighted by Gasteiger charge is 2.21. The van der Waals surface area contributed by atoms with Gasteiger partial charge in [-0.25, -0.2) is 4.98 Å². The van der Waals surface area contributed by atoms with Crippen LogP contribution in [0.1, 0.15) is 36.1 Å². The van der Waals surface area contributed by atoms with Gasteiger partial charge >= 0.3 is 0 Å². The molecule has 2 heterocycles. The highest BCUT2D eigenvalue weighted by molar-refractivity contribution is 6.42. The van der Waals surface area contributed by atoms with Gasteiger partial charge in [-0.15, -0.1) is 0 Å². The van der Waals surface area contributed by atoms with Gasteiger partial charge in [-0.05, 0) is 23.8 Å². The SMILES string of the molecule is NC(c1ccc(Cl)c(Cl)c1)C(O)c1ccc(OC2CCOCC2)nc1. The predicted molar refractivity (Wildman–Crippen MR) is 97.1 cm³/mol. The minimum atomic E-state index is -0.915. The van der Waals surface area contributed by atoms with Crippen LogP contribution in [0.4, 0.5) is 0 Å². The lowest BCUT2D eigenvalue weighted by Gasteiger charge is -2.23. The van der Waals surface area contributed by atoms with Gasteiger partial charge in [0.05, 0.1) is 35.4 Å². The molecule has 0 radical (unpaired) electrons. The van der Waals surface area contributed by atoms with Gasteiger partial charge < -0.3 is 20.3 Å². The van der Waals surface area contributed by atoms with E-state index in [-0.39, 0.29) is 6.10 Å². The van der Waals surface area contributed by atoms with E-state index in [1.165, 1.54) is 0 Å². The van der Waals surface area contributed by atoms with Gasteiger partial charge in [0.15, 0.2) is 0 Å². The van der Waals surface area contributed by atoms with Crippen LogP contribution in [0.3, 0.4) is 0 Å². The molecule has 134 valence electrons. The van der Waals surface area contributed by atoms with Gasteiger partial charge in [0, 0.05) is 30.7 Å². The Morgan fingerprint density at radius 1 is 1.12 bits per heavy atom. The highest BCUT2D eigenvalue weighted by Crippen LogP contribution is 2.31. The van der Waals surface area contributed by atoms with Gasteiger partial charge in [0.2, 0.25) is 5.88 Å². The minimum Gasteiger partial charge on any atom is -0.474 e. The van der Waals surface area contributed by atoms with Gasteiger partial charge in [0.25, 0.3) is 0 Å². The van der Waals surface area contributed by atoms with E-state index >= 15 is 0 Å². The lowest BCUT2D eigenvalue weighted by molar-refractivity contribution is 0.0237. The fourth-order valence-electron chi connectivity index (χ4n) is 2.71. The number of aliphatic hydroxyl groups is 1. The van der Waals surface area contributed by atoms with Crippen molar-refractivity contribution in [1.29, 1.82) is 0 Å². The minimum absolute atomic E-state index is 0.121. The summed E-state index contributed by atoms with van der Waals surface area (Å²) < 4.78 is 11.1. The van der Waals surface area contributed by atoms with Crippen molar-refractivity contribution in [3.05, 3.63) is 57.7 Å². The second kappa shape index (κ2) is 8.34. The average molecular weight is 383 g/mol. The van der Waals surface area contributed by atoms with Crippen molar-refractivity contribution in [2.24, 2.45) is 5.73 Å². The topological polar surface area (TPSA) is 77.6 Å². The normalized spacial score (nSPS) is 17.9. The van der Waals surface area contributed by atoms with Gasteiger partial charge in [-0.2, -0.15) is 0 Å². The Morgan fingerprint density at radius 2 is 1.84 bits per heavy atom. The van der Waals surface area contributed by atoms with E-state index in [4.69, 9.17) is 38.4 Å². The Labute approximate surface area is 156 Å². The van der Waals surface area contributed by atoms with Crippen LogP contribution in [0, 0.1) is 0 Å². The Bertz CT molecular complexity index is 706. The lowest BCUT2D eigenvalue weighted by Crippen LogP contribution is -2.26. The Balaban J connectivity index is 1.66. The lowest BCUT2D eigenvalue weighted by atomic mass is 9.98. The molecular formula is C18H20Cl2N2O3. The molecule has 0 spiro atoms. The van der Waals surface area contributed by atoms with Gasteiger partial charge in [-0.1, -0.05) is 29.3 Å². The smallest absolute Gasteiger partial charge is 0.213 e. The van der Waals surface area contributed by atoms with Crippen molar-refractivity contribution in [2.75, 3.05) is 13.2 Å². The van der Waals surface area contributed by atoms with E-state index in [2.05, 4.69) is 4.98 Å². The van der Waals surface area contributed by atoms with Crippen LogP contribution in [0.2, 0.25) is 10.0 Å². The summed E-state index contributed by atoms with van der Waals surface area (Å²) in [5.41, 5.74) is 7.46. The fraction of sp³-hybridized carbons (Fsp3) is 0.389. The summed E-state index contributed by atoms with van der Waals surface area (Å²) >= 11 is 11.9. The van der Waals surface area contributed by atoms with Crippen LogP contribution in [0.25, 0.3) is 0 Å². The van der Waals surface area contributed by atoms with Crippen molar-refractivity contribution in [2.45, 2.75) is 31.1 Å². The van der Waals surface area contributed by atoms with Crippen LogP contribution in [-0.2, 0) is 4.74 Å². The first-order chi connectivity index (χ1) is 12.0. The summed E-state index contributed by atoms with van der Waals surface area (Å²) in [6, 6.07) is 7.94. The molecule has 0 aliphatic carbocycles. The molecular weight excluding hydrogens is 363 g/mol. The maximum atomic E-state index is 10.5. The second-order valence-corrected chi connectivity index (χ2v) is 6.82. The standard InChI is InChI=1S/C18H20Cl2N2O3/c19-14-3-1-11(9-15(14)20)17(21)18(23)12-2-4-16(22-10-12)25-13-5-7-24-8-6-13/h1-4,9-10,13,17-18,23H,5-8,21H2. The fourth-order valence-corrected chi connectivity index (χ4v) is 3.02. The van der Waals surface area contributed by atoms with Crippen molar-refractivity contribution in [3.63, 3.8) is 0 Å². The van der Waals surface area contributed by atoms with Gasteiger partial charge in [0.1, 0.15) is 6.10 Å². The first kappa shape index (κ1) is 18.4. The predicted octanol–water partition coefficient (Wildman–Crippen LogP) is 3.68. The molecule has 2 aromatic rings. The number of hydrogen-bond acceptors (Lipinski definition) is 5. The molecule has 25 heavy (non-hydrogen) atoms. The number of halogens is 2. The first-order valence-corrected chi connectivity index (χ1v) is 8.89. The molecule has 7 heteroatoms. The van der Waals surface area contributed by atoms with Crippen molar-refractivity contribution in [1.82, 2.24) is 4.98 Å². The number of nitrogens with two attached hydrogens (primary N) is 1. The maximum Gasteiger partial charge on any atom is 0.213 e. The third kappa shape index (κ3) is 4.63. The summed E-state index contributed by atoms with van der Waals surface area (Å²) in [5.74, 6) is 0.533. The summed E-state index contributed by atoms with van der Waals surface area (Å²) in [4.78, 5) is 4.28. The molecule has 0 amide bonds. The molecule has 3 rings (SSSR count). The zero-order chi connectivity index (χ0) is 17.8. The number of benzene rings is 1. The number of aromatic nitrogens is 1. The van der Waals surface area contributed by atoms with Crippen LogP contribution < -0.4 is 10.5 Å². The summed E-state index contributed by atoms with van der Waals surface area (Å²) in [5, 5.41) is 11.4. The monoisotopic (exact) mass is 382 g/mol. The van der Waals surface area contributed by atoms with Crippen LogP contribution in [0.15, 0.2) is 36.5 Å².